The van der Waals surface area contributed by atoms with E-state index in [4.69, 9.17) is 4.74 Å². The van der Waals surface area contributed by atoms with Gasteiger partial charge in [0.1, 0.15) is 6.61 Å². The van der Waals surface area contributed by atoms with Gasteiger partial charge in [-0.05, 0) is 12.8 Å². The number of carbonyl (C=O) groups is 1. The normalized spacial score (nSPS) is 10.2. The van der Waals surface area contributed by atoms with E-state index in [9.17, 15) is 4.79 Å². The molecule has 0 saturated heterocycles. The summed E-state index contributed by atoms with van der Waals surface area (Å²) in [6.07, 6.45) is 0. The standard InChI is InChI=1S/C8H17NO2/c1-4-11-6-8(10)9-5-7(2)3/h7H,4-6H2,1-3H3,(H,9,10). The zero-order valence-electron chi connectivity index (χ0n) is 7.52. The maximum absolute atomic E-state index is 10.9. The molecule has 0 bridgehead atoms. The van der Waals surface area contributed by atoms with Crippen molar-refractivity contribution in [1.82, 2.24) is 5.32 Å². The summed E-state index contributed by atoms with van der Waals surface area (Å²) in [7, 11) is 0. The predicted octanol–water partition coefficient (Wildman–Crippen LogP) is 0.795. The van der Waals surface area contributed by atoms with Crippen LogP contribution in [0.4, 0.5) is 0 Å². The average molecular weight is 159 g/mol. The zero-order chi connectivity index (χ0) is 8.69. The lowest BCUT2D eigenvalue weighted by atomic mass is 10.2. The van der Waals surface area contributed by atoms with Gasteiger partial charge in [0, 0.05) is 13.2 Å². The average Bonchev–Trinajstić information content (AvgIpc) is 1.97. The summed E-state index contributed by atoms with van der Waals surface area (Å²) in [5.74, 6) is 0.473. The summed E-state index contributed by atoms with van der Waals surface area (Å²) < 4.78 is 4.92. The summed E-state index contributed by atoms with van der Waals surface area (Å²) >= 11 is 0. The van der Waals surface area contributed by atoms with Crippen LogP contribution in [-0.4, -0.2) is 25.7 Å². The molecule has 0 fully saturated rings. The number of hydrogen-bond donors (Lipinski definition) is 1. The Balaban J connectivity index is 3.23. The monoisotopic (exact) mass is 159 g/mol. The Morgan fingerprint density at radius 1 is 1.55 bits per heavy atom. The van der Waals surface area contributed by atoms with Crippen LogP contribution in [0.25, 0.3) is 0 Å². The molecule has 0 radical (unpaired) electrons. The van der Waals surface area contributed by atoms with Crippen molar-refractivity contribution in [3.63, 3.8) is 0 Å². The largest absolute Gasteiger partial charge is 0.372 e. The van der Waals surface area contributed by atoms with Crippen molar-refractivity contribution in [3.05, 3.63) is 0 Å². The van der Waals surface area contributed by atoms with Gasteiger partial charge in [0.2, 0.25) is 5.91 Å². The Kier molecular flexibility index (Phi) is 5.84. The third-order valence-corrected chi connectivity index (χ3v) is 1.14. The highest BCUT2D eigenvalue weighted by molar-refractivity contribution is 5.77. The van der Waals surface area contributed by atoms with E-state index in [1.165, 1.54) is 0 Å². The minimum Gasteiger partial charge on any atom is -0.372 e. The molecule has 0 aromatic carbocycles. The second-order valence-corrected chi connectivity index (χ2v) is 2.84. The van der Waals surface area contributed by atoms with Gasteiger partial charge in [0.25, 0.3) is 0 Å². The fraction of sp³-hybridized carbons (Fsp3) is 0.875. The summed E-state index contributed by atoms with van der Waals surface area (Å²) in [5.41, 5.74) is 0. The van der Waals surface area contributed by atoms with Crippen LogP contribution in [0.15, 0.2) is 0 Å². The van der Waals surface area contributed by atoms with E-state index in [-0.39, 0.29) is 12.5 Å². The second-order valence-electron chi connectivity index (χ2n) is 2.84. The molecule has 66 valence electrons. The molecule has 0 aromatic heterocycles. The van der Waals surface area contributed by atoms with Crippen molar-refractivity contribution in [2.24, 2.45) is 5.92 Å². The molecule has 0 aliphatic rings. The Hall–Kier alpha value is -0.570. The van der Waals surface area contributed by atoms with Gasteiger partial charge >= 0.3 is 0 Å². The van der Waals surface area contributed by atoms with Gasteiger partial charge in [0.15, 0.2) is 0 Å². The summed E-state index contributed by atoms with van der Waals surface area (Å²) in [6, 6.07) is 0. The molecule has 0 aliphatic carbocycles. The first-order valence-electron chi connectivity index (χ1n) is 4.01. The van der Waals surface area contributed by atoms with Gasteiger partial charge in [-0.2, -0.15) is 0 Å². The van der Waals surface area contributed by atoms with Crippen LogP contribution in [0.2, 0.25) is 0 Å². The van der Waals surface area contributed by atoms with E-state index in [1.807, 2.05) is 6.92 Å². The number of hydrogen-bond acceptors (Lipinski definition) is 2. The highest BCUT2D eigenvalue weighted by Crippen LogP contribution is 1.86. The third-order valence-electron chi connectivity index (χ3n) is 1.14. The predicted molar refractivity (Wildman–Crippen MR) is 44.3 cm³/mol. The van der Waals surface area contributed by atoms with Crippen LogP contribution in [0, 0.1) is 5.92 Å². The Morgan fingerprint density at radius 3 is 2.64 bits per heavy atom. The lowest BCUT2D eigenvalue weighted by molar-refractivity contribution is -0.125. The Labute approximate surface area is 68.1 Å². The van der Waals surface area contributed by atoms with Crippen molar-refractivity contribution >= 4 is 5.91 Å². The summed E-state index contributed by atoms with van der Waals surface area (Å²) in [4.78, 5) is 10.9. The maximum Gasteiger partial charge on any atom is 0.246 e. The van der Waals surface area contributed by atoms with Gasteiger partial charge in [-0.1, -0.05) is 13.8 Å². The highest BCUT2D eigenvalue weighted by atomic mass is 16.5. The number of ether oxygens (including phenoxy) is 1. The van der Waals surface area contributed by atoms with E-state index in [0.29, 0.717) is 12.5 Å². The minimum atomic E-state index is -0.0273. The molecule has 0 unspecified atom stereocenters. The first kappa shape index (κ1) is 10.4. The number of carbonyl (C=O) groups excluding carboxylic acids is 1. The van der Waals surface area contributed by atoms with E-state index in [1.54, 1.807) is 0 Å². The van der Waals surface area contributed by atoms with Crippen molar-refractivity contribution in [2.45, 2.75) is 20.8 Å². The fourth-order valence-corrected chi connectivity index (χ4v) is 0.564. The van der Waals surface area contributed by atoms with Crippen molar-refractivity contribution in [1.29, 1.82) is 0 Å². The van der Waals surface area contributed by atoms with Crippen LogP contribution in [-0.2, 0) is 9.53 Å². The van der Waals surface area contributed by atoms with E-state index in [0.717, 1.165) is 6.54 Å². The molecule has 0 spiro atoms. The fourth-order valence-electron chi connectivity index (χ4n) is 0.564. The topological polar surface area (TPSA) is 38.3 Å². The van der Waals surface area contributed by atoms with Crippen molar-refractivity contribution in [2.75, 3.05) is 19.8 Å². The van der Waals surface area contributed by atoms with Gasteiger partial charge in [-0.15, -0.1) is 0 Å². The smallest absolute Gasteiger partial charge is 0.246 e. The second kappa shape index (κ2) is 6.16. The molecule has 3 nitrogen and oxygen atoms in total. The van der Waals surface area contributed by atoms with Crippen LogP contribution in [0.1, 0.15) is 20.8 Å². The number of amides is 1. The van der Waals surface area contributed by atoms with Gasteiger partial charge in [0.05, 0.1) is 0 Å². The van der Waals surface area contributed by atoms with Gasteiger partial charge in [-0.25, -0.2) is 0 Å². The Morgan fingerprint density at radius 2 is 2.18 bits per heavy atom. The number of nitrogens with one attached hydrogen (secondary N) is 1. The van der Waals surface area contributed by atoms with E-state index >= 15 is 0 Å². The minimum absolute atomic E-state index is 0.0273. The molecule has 0 heterocycles. The Bertz CT molecular complexity index is 113. The summed E-state index contributed by atoms with van der Waals surface area (Å²) in [5, 5.41) is 2.75. The molecule has 0 aromatic rings. The SMILES string of the molecule is CCOCC(=O)NCC(C)C. The zero-order valence-corrected chi connectivity index (χ0v) is 7.52. The van der Waals surface area contributed by atoms with Crippen LogP contribution in [0.5, 0.6) is 0 Å². The highest BCUT2D eigenvalue weighted by Gasteiger charge is 2.00. The molecule has 0 saturated carbocycles. The molecular formula is C8H17NO2. The quantitative estimate of drug-likeness (QED) is 0.644. The van der Waals surface area contributed by atoms with Crippen LogP contribution in [0.3, 0.4) is 0 Å². The molecule has 3 heteroatoms. The van der Waals surface area contributed by atoms with E-state index in [2.05, 4.69) is 19.2 Å². The van der Waals surface area contributed by atoms with Crippen molar-refractivity contribution in [3.8, 4) is 0 Å². The lowest BCUT2D eigenvalue weighted by Gasteiger charge is -2.06. The molecular weight excluding hydrogens is 142 g/mol. The van der Waals surface area contributed by atoms with Gasteiger partial charge < -0.3 is 10.1 Å². The molecule has 1 N–H and O–H groups in total. The molecule has 0 rings (SSSR count). The molecule has 0 atom stereocenters. The molecule has 11 heavy (non-hydrogen) atoms. The number of rotatable bonds is 5. The summed E-state index contributed by atoms with van der Waals surface area (Å²) in [6.45, 7) is 7.49. The maximum atomic E-state index is 10.9. The first-order chi connectivity index (χ1) is 5.16. The van der Waals surface area contributed by atoms with Crippen molar-refractivity contribution < 1.29 is 9.53 Å². The lowest BCUT2D eigenvalue weighted by Crippen LogP contribution is -2.30. The molecule has 1 amide bonds. The van der Waals surface area contributed by atoms with Gasteiger partial charge in [-0.3, -0.25) is 4.79 Å². The van der Waals surface area contributed by atoms with E-state index < -0.39 is 0 Å². The van der Waals surface area contributed by atoms with Crippen LogP contribution < -0.4 is 5.32 Å². The third kappa shape index (κ3) is 7.33. The molecule has 0 aliphatic heterocycles. The first-order valence-corrected chi connectivity index (χ1v) is 4.01. The van der Waals surface area contributed by atoms with Crippen LogP contribution >= 0.6 is 0 Å².